The summed E-state index contributed by atoms with van der Waals surface area (Å²) in [5.74, 6) is 0. The molecule has 0 aliphatic carbocycles. The third kappa shape index (κ3) is 6.21. The van der Waals surface area contributed by atoms with Gasteiger partial charge in [-0.15, -0.1) is 0 Å². The molecule has 8 heavy (non-hydrogen) atoms. The van der Waals surface area contributed by atoms with Gasteiger partial charge in [0.2, 0.25) is 0 Å². The first-order valence-electron chi connectivity index (χ1n) is 2.82. The summed E-state index contributed by atoms with van der Waals surface area (Å²) in [6.45, 7) is 2.14. The molecule has 0 aliphatic rings. The monoisotopic (exact) mass is 222 g/mol. The van der Waals surface area contributed by atoms with Crippen LogP contribution in [0.2, 0.25) is 0 Å². The lowest BCUT2D eigenvalue weighted by Gasteiger charge is -1.76. The van der Waals surface area contributed by atoms with Crippen molar-refractivity contribution in [2.45, 2.75) is 19.8 Å². The zero-order chi connectivity index (χ0) is 6.24. The molecular weight excluding hydrogens is 211 g/mol. The third-order valence-corrected chi connectivity index (χ3v) is 1.27. The van der Waals surface area contributed by atoms with E-state index in [0.29, 0.717) is 0 Å². The first kappa shape index (κ1) is 8.21. The molecule has 0 fully saturated rings. The fraction of sp³-hybridized carbons (Fsp3) is 0.429. The highest BCUT2D eigenvalue weighted by atomic mass is 127. The predicted octanol–water partition coefficient (Wildman–Crippen LogP) is 3.29. The molecule has 0 radical (unpaired) electrons. The van der Waals surface area contributed by atoms with E-state index in [-0.39, 0.29) is 0 Å². The van der Waals surface area contributed by atoms with Gasteiger partial charge in [-0.3, -0.25) is 0 Å². The van der Waals surface area contributed by atoms with Crippen LogP contribution < -0.4 is 0 Å². The lowest BCUT2D eigenvalue weighted by atomic mass is 10.3. The molecule has 0 unspecified atom stereocenters. The quantitative estimate of drug-likeness (QED) is 0.507. The number of hydrogen-bond donors (Lipinski definition) is 0. The Hall–Kier alpha value is 0.210. The Morgan fingerprint density at radius 2 is 2.00 bits per heavy atom. The largest absolute Gasteiger partial charge is 0.0885 e. The molecule has 0 spiro atoms. The summed E-state index contributed by atoms with van der Waals surface area (Å²) in [7, 11) is 0. The van der Waals surface area contributed by atoms with Gasteiger partial charge >= 0.3 is 0 Å². The van der Waals surface area contributed by atoms with Gasteiger partial charge in [-0.05, 0) is 16.9 Å². The van der Waals surface area contributed by atoms with Gasteiger partial charge in [-0.2, -0.15) is 0 Å². The molecule has 0 aromatic heterocycles. The Balaban J connectivity index is 3.03. The first-order valence-corrected chi connectivity index (χ1v) is 4.06. The maximum absolute atomic E-state index is 2.22. The van der Waals surface area contributed by atoms with Crippen LogP contribution in [0.15, 0.2) is 22.3 Å². The van der Waals surface area contributed by atoms with Gasteiger partial charge < -0.3 is 0 Å². The summed E-state index contributed by atoms with van der Waals surface area (Å²) in [4.78, 5) is 0. The molecule has 0 heterocycles. The van der Waals surface area contributed by atoms with E-state index in [4.69, 9.17) is 0 Å². The Morgan fingerprint density at radius 3 is 2.50 bits per heavy atom. The van der Waals surface area contributed by atoms with Crippen LogP contribution >= 0.6 is 22.6 Å². The number of rotatable bonds is 3. The van der Waals surface area contributed by atoms with Crippen LogP contribution in [0.25, 0.3) is 0 Å². The first-order chi connectivity index (χ1) is 3.91. The number of hydrogen-bond acceptors (Lipinski definition) is 0. The summed E-state index contributed by atoms with van der Waals surface area (Å²) in [6.07, 6.45) is 8.71. The minimum absolute atomic E-state index is 1.08. The Morgan fingerprint density at radius 1 is 1.25 bits per heavy atom. The summed E-state index contributed by atoms with van der Waals surface area (Å²) in [6, 6.07) is 0. The van der Waals surface area contributed by atoms with E-state index in [1.54, 1.807) is 0 Å². The van der Waals surface area contributed by atoms with E-state index in [1.807, 2.05) is 4.08 Å². The van der Waals surface area contributed by atoms with Gasteiger partial charge in [-0.1, -0.05) is 47.7 Å². The highest BCUT2D eigenvalue weighted by Crippen LogP contribution is 1.91. The van der Waals surface area contributed by atoms with Gasteiger partial charge in [0.1, 0.15) is 0 Å². The van der Waals surface area contributed by atoms with E-state index in [1.165, 1.54) is 0 Å². The Kier molecular flexibility index (Phi) is 7.40. The van der Waals surface area contributed by atoms with Crippen molar-refractivity contribution < 1.29 is 0 Å². The summed E-state index contributed by atoms with van der Waals surface area (Å²) >= 11 is 2.22. The SMILES string of the molecule is CC/C=C\C/C=C\I. The minimum Gasteiger partial charge on any atom is -0.0885 e. The molecule has 0 aromatic rings. The van der Waals surface area contributed by atoms with Crippen molar-refractivity contribution in [3.63, 3.8) is 0 Å². The second-order valence-electron chi connectivity index (χ2n) is 1.48. The van der Waals surface area contributed by atoms with Crippen molar-refractivity contribution in [1.82, 2.24) is 0 Å². The molecule has 0 bridgehead atoms. The smallest absolute Gasteiger partial charge is 0.0162 e. The van der Waals surface area contributed by atoms with Crippen LogP contribution in [0, 0.1) is 0 Å². The van der Waals surface area contributed by atoms with Crippen molar-refractivity contribution in [2.75, 3.05) is 0 Å². The van der Waals surface area contributed by atoms with Crippen molar-refractivity contribution in [3.05, 3.63) is 22.3 Å². The van der Waals surface area contributed by atoms with Crippen LogP contribution in [0.4, 0.5) is 0 Å². The lowest BCUT2D eigenvalue weighted by Crippen LogP contribution is -1.55. The maximum Gasteiger partial charge on any atom is -0.0162 e. The van der Waals surface area contributed by atoms with Crippen molar-refractivity contribution in [1.29, 1.82) is 0 Å². The molecule has 1 heteroatoms. The van der Waals surface area contributed by atoms with E-state index >= 15 is 0 Å². The topological polar surface area (TPSA) is 0 Å². The number of halogens is 1. The van der Waals surface area contributed by atoms with E-state index in [2.05, 4.69) is 47.7 Å². The molecule has 0 saturated heterocycles. The second-order valence-corrected chi connectivity index (χ2v) is 2.20. The van der Waals surface area contributed by atoms with E-state index < -0.39 is 0 Å². The van der Waals surface area contributed by atoms with Gasteiger partial charge in [0, 0.05) is 0 Å². The molecule has 0 N–H and O–H groups in total. The van der Waals surface area contributed by atoms with Gasteiger partial charge in [0.25, 0.3) is 0 Å². The second kappa shape index (κ2) is 7.21. The van der Waals surface area contributed by atoms with Gasteiger partial charge in [-0.25, -0.2) is 0 Å². The standard InChI is InChI=1S/C7H11I/c1-2-3-4-5-6-7-8/h3-4,6-7H,2,5H2,1H3/b4-3-,7-6-. The van der Waals surface area contributed by atoms with Crippen LogP contribution in [0.3, 0.4) is 0 Å². The normalized spacial score (nSPS) is 11.8. The average Bonchev–Trinajstić information content (AvgIpc) is 1.81. The van der Waals surface area contributed by atoms with Gasteiger partial charge in [0.05, 0.1) is 0 Å². The average molecular weight is 222 g/mol. The lowest BCUT2D eigenvalue weighted by molar-refractivity contribution is 1.20. The van der Waals surface area contributed by atoms with Crippen LogP contribution in [-0.2, 0) is 0 Å². The fourth-order valence-corrected chi connectivity index (χ4v) is 0.686. The number of allylic oxidation sites excluding steroid dienone is 3. The molecule has 0 atom stereocenters. The van der Waals surface area contributed by atoms with Crippen molar-refractivity contribution >= 4 is 22.6 Å². The van der Waals surface area contributed by atoms with Crippen LogP contribution in [-0.4, -0.2) is 0 Å². The molecule has 0 rings (SSSR count). The van der Waals surface area contributed by atoms with E-state index in [0.717, 1.165) is 12.8 Å². The minimum atomic E-state index is 1.08. The van der Waals surface area contributed by atoms with Gasteiger partial charge in [0.15, 0.2) is 0 Å². The summed E-state index contributed by atoms with van der Waals surface area (Å²) in [5, 5.41) is 0. The zero-order valence-electron chi connectivity index (χ0n) is 5.10. The fourth-order valence-electron chi connectivity index (χ4n) is 0.393. The maximum atomic E-state index is 2.22. The molecule has 0 amide bonds. The predicted molar refractivity (Wildman–Crippen MR) is 47.2 cm³/mol. The molecule has 46 valence electrons. The molecule has 0 saturated carbocycles. The van der Waals surface area contributed by atoms with E-state index in [9.17, 15) is 0 Å². The van der Waals surface area contributed by atoms with Crippen molar-refractivity contribution in [2.24, 2.45) is 0 Å². The van der Waals surface area contributed by atoms with Crippen LogP contribution in [0.1, 0.15) is 19.8 Å². The van der Waals surface area contributed by atoms with Crippen LogP contribution in [0.5, 0.6) is 0 Å². The zero-order valence-corrected chi connectivity index (χ0v) is 7.26. The Bertz CT molecular complexity index is 82.4. The summed E-state index contributed by atoms with van der Waals surface area (Å²) in [5.41, 5.74) is 0. The Labute approximate surface area is 64.8 Å². The van der Waals surface area contributed by atoms with Crippen molar-refractivity contribution in [3.8, 4) is 0 Å². The third-order valence-electron chi connectivity index (χ3n) is 0.764. The molecular formula is C7H11I. The highest BCUT2D eigenvalue weighted by molar-refractivity contribution is 14.1. The molecule has 0 nitrogen and oxygen atoms in total. The highest BCUT2D eigenvalue weighted by Gasteiger charge is 1.66. The molecule has 0 aliphatic heterocycles. The molecule has 0 aromatic carbocycles. The summed E-state index contributed by atoms with van der Waals surface area (Å²) < 4.78 is 2.04.